The van der Waals surface area contributed by atoms with E-state index >= 15 is 0 Å². The Kier molecular flexibility index (Phi) is 7.35. The summed E-state index contributed by atoms with van der Waals surface area (Å²) in [4.78, 5) is 9.32. The Labute approximate surface area is 186 Å². The van der Waals surface area contributed by atoms with Crippen LogP contribution >= 0.6 is 11.8 Å². The second kappa shape index (κ2) is 10.4. The zero-order valence-corrected chi connectivity index (χ0v) is 17.8. The van der Waals surface area contributed by atoms with Crippen LogP contribution in [0.5, 0.6) is 0 Å². The number of hydrogen-bond donors (Lipinski definition) is 4. The van der Waals surface area contributed by atoms with Gasteiger partial charge in [0.25, 0.3) is 0 Å². The number of aliphatic hydroxyl groups is 1. The van der Waals surface area contributed by atoms with Crippen molar-refractivity contribution < 1.29 is 5.11 Å². The quantitative estimate of drug-likeness (QED) is 0.157. The topological polar surface area (TPSA) is 110 Å². The van der Waals surface area contributed by atoms with Gasteiger partial charge in [0.2, 0.25) is 0 Å². The molecule has 0 amide bonds. The molecule has 1 atom stereocenters. The lowest BCUT2D eigenvalue weighted by molar-refractivity contribution is 0.390. The molecule has 0 aliphatic heterocycles. The molecule has 0 bridgehead atoms. The molecule has 0 spiro atoms. The molecule has 1 heterocycles. The SMILES string of the molecule is C=C(O)CC(Sc1ccc(NC(=C)c2cccc(N=C(N)N)c2)cc1)c1cccnc1. The maximum Gasteiger partial charge on any atom is 0.191 e. The van der Waals surface area contributed by atoms with E-state index in [9.17, 15) is 5.11 Å². The van der Waals surface area contributed by atoms with Gasteiger partial charge >= 0.3 is 0 Å². The Morgan fingerprint density at radius 2 is 1.87 bits per heavy atom. The van der Waals surface area contributed by atoms with Gasteiger partial charge in [-0.2, -0.15) is 0 Å². The zero-order chi connectivity index (χ0) is 22.2. The summed E-state index contributed by atoms with van der Waals surface area (Å²) in [5, 5.41) is 13.0. The predicted octanol–water partition coefficient (Wildman–Crippen LogP) is 5.36. The summed E-state index contributed by atoms with van der Waals surface area (Å²) >= 11 is 1.65. The van der Waals surface area contributed by atoms with Crippen LogP contribution in [0.15, 0.2) is 102 Å². The number of allylic oxidation sites excluding steroid dienone is 1. The maximum atomic E-state index is 9.71. The normalized spacial score (nSPS) is 11.4. The largest absolute Gasteiger partial charge is 0.513 e. The van der Waals surface area contributed by atoms with Crippen LogP contribution < -0.4 is 16.8 Å². The Balaban J connectivity index is 1.69. The minimum atomic E-state index is 0.0122. The van der Waals surface area contributed by atoms with E-state index in [2.05, 4.69) is 28.5 Å². The standard InChI is InChI=1S/C24H25N5OS/c1-16(30)13-23(19-6-4-12-27-15-19)31-22-10-8-20(9-11-22)28-17(2)18-5-3-7-21(14-18)29-24(25)26/h3-12,14-15,23,28,30H,1-2,13H2,(H4,25,26,29). The minimum absolute atomic E-state index is 0.0122. The number of benzene rings is 2. The predicted molar refractivity (Wildman–Crippen MR) is 130 cm³/mol. The fourth-order valence-electron chi connectivity index (χ4n) is 2.95. The lowest BCUT2D eigenvalue weighted by atomic mass is 10.1. The molecular weight excluding hydrogens is 406 g/mol. The highest BCUT2D eigenvalue weighted by molar-refractivity contribution is 7.99. The van der Waals surface area contributed by atoms with Crippen LogP contribution in [0.1, 0.15) is 22.8 Å². The van der Waals surface area contributed by atoms with E-state index in [1.165, 1.54) is 0 Å². The molecule has 0 aliphatic rings. The summed E-state index contributed by atoms with van der Waals surface area (Å²) in [5.74, 6) is 0.164. The van der Waals surface area contributed by atoms with Crippen LogP contribution in [0, 0.1) is 0 Å². The van der Waals surface area contributed by atoms with Crippen LogP contribution in [-0.2, 0) is 0 Å². The van der Waals surface area contributed by atoms with Crippen LogP contribution in [0.4, 0.5) is 11.4 Å². The first kappa shape index (κ1) is 22.0. The van der Waals surface area contributed by atoms with Gasteiger partial charge in [-0.05, 0) is 53.6 Å². The lowest BCUT2D eigenvalue weighted by Crippen LogP contribution is -2.21. The molecule has 0 saturated heterocycles. The summed E-state index contributed by atoms with van der Waals surface area (Å²) in [7, 11) is 0. The first-order valence-electron chi connectivity index (χ1n) is 9.60. The molecule has 3 aromatic rings. The Hall–Kier alpha value is -3.71. The van der Waals surface area contributed by atoms with Crippen molar-refractivity contribution in [3.63, 3.8) is 0 Å². The molecule has 1 aromatic heterocycles. The third-order valence-electron chi connectivity index (χ3n) is 4.36. The fourth-order valence-corrected chi connectivity index (χ4v) is 4.12. The first-order valence-corrected chi connectivity index (χ1v) is 10.5. The highest BCUT2D eigenvalue weighted by Gasteiger charge is 2.15. The monoisotopic (exact) mass is 431 g/mol. The summed E-state index contributed by atoms with van der Waals surface area (Å²) in [6.07, 6.45) is 4.01. The molecule has 2 aromatic carbocycles. The fraction of sp³-hybridized carbons (Fsp3) is 0.0833. The Morgan fingerprint density at radius 1 is 1.10 bits per heavy atom. The van der Waals surface area contributed by atoms with Crippen molar-refractivity contribution in [1.29, 1.82) is 0 Å². The van der Waals surface area contributed by atoms with Crippen LogP contribution in [-0.4, -0.2) is 16.1 Å². The molecule has 0 saturated carbocycles. The Morgan fingerprint density at radius 3 is 2.52 bits per heavy atom. The Bertz CT molecular complexity index is 1080. The molecule has 3 rings (SSSR count). The number of aromatic nitrogens is 1. The number of nitrogens with one attached hydrogen (secondary N) is 1. The third-order valence-corrected chi connectivity index (χ3v) is 5.63. The average Bonchev–Trinajstić information content (AvgIpc) is 2.74. The maximum absolute atomic E-state index is 9.71. The highest BCUT2D eigenvalue weighted by Crippen LogP contribution is 2.39. The molecule has 31 heavy (non-hydrogen) atoms. The number of pyridine rings is 1. The van der Waals surface area contributed by atoms with Crippen molar-refractivity contribution in [3.8, 4) is 0 Å². The molecular formula is C24H25N5OS. The van der Waals surface area contributed by atoms with Crippen molar-refractivity contribution in [3.05, 3.63) is 103 Å². The van der Waals surface area contributed by atoms with Crippen LogP contribution in [0.2, 0.25) is 0 Å². The molecule has 0 aliphatic carbocycles. The molecule has 1 unspecified atom stereocenters. The van der Waals surface area contributed by atoms with E-state index in [0.29, 0.717) is 12.1 Å². The number of guanidine groups is 1. The lowest BCUT2D eigenvalue weighted by Gasteiger charge is -2.17. The van der Waals surface area contributed by atoms with Gasteiger partial charge < -0.3 is 21.9 Å². The smallest absolute Gasteiger partial charge is 0.191 e. The van der Waals surface area contributed by atoms with E-state index in [1.807, 2.05) is 66.9 Å². The number of nitrogens with zero attached hydrogens (tertiary/aromatic N) is 2. The highest BCUT2D eigenvalue weighted by atomic mass is 32.2. The molecule has 6 N–H and O–H groups in total. The van der Waals surface area contributed by atoms with Crippen LogP contribution in [0.25, 0.3) is 5.70 Å². The number of nitrogens with two attached hydrogens (primary N) is 2. The summed E-state index contributed by atoms with van der Waals surface area (Å²) < 4.78 is 0. The van der Waals surface area contributed by atoms with E-state index in [0.717, 1.165) is 27.4 Å². The number of thioether (sulfide) groups is 1. The number of anilines is 1. The van der Waals surface area contributed by atoms with Crippen molar-refractivity contribution in [2.24, 2.45) is 16.5 Å². The number of aliphatic imine (C=N–C) groups is 1. The van der Waals surface area contributed by atoms with Crippen molar-refractivity contribution in [2.75, 3.05) is 5.32 Å². The van der Waals surface area contributed by atoms with E-state index in [-0.39, 0.29) is 17.0 Å². The van der Waals surface area contributed by atoms with Gasteiger partial charge in [-0.25, -0.2) is 4.99 Å². The average molecular weight is 432 g/mol. The van der Waals surface area contributed by atoms with Crippen molar-refractivity contribution >= 4 is 34.8 Å². The summed E-state index contributed by atoms with van der Waals surface area (Å²) in [6, 6.07) is 19.4. The van der Waals surface area contributed by atoms with E-state index < -0.39 is 0 Å². The van der Waals surface area contributed by atoms with Gasteiger partial charge in [0.1, 0.15) is 0 Å². The first-order chi connectivity index (χ1) is 14.9. The van der Waals surface area contributed by atoms with Gasteiger partial charge in [-0.15, -0.1) is 11.8 Å². The number of hydrogen-bond acceptors (Lipinski definition) is 5. The summed E-state index contributed by atoms with van der Waals surface area (Å²) in [5.41, 5.74) is 15.1. The molecule has 158 valence electrons. The second-order valence-electron chi connectivity index (χ2n) is 6.88. The molecule has 0 fully saturated rings. The molecule has 6 nitrogen and oxygen atoms in total. The van der Waals surface area contributed by atoms with E-state index in [4.69, 9.17) is 11.5 Å². The van der Waals surface area contributed by atoms with Crippen molar-refractivity contribution in [1.82, 2.24) is 4.98 Å². The molecule has 0 radical (unpaired) electrons. The zero-order valence-electron chi connectivity index (χ0n) is 17.0. The van der Waals surface area contributed by atoms with E-state index in [1.54, 1.807) is 18.0 Å². The third kappa shape index (κ3) is 6.65. The van der Waals surface area contributed by atoms with Crippen LogP contribution in [0.3, 0.4) is 0 Å². The van der Waals surface area contributed by atoms with Crippen molar-refractivity contribution in [2.45, 2.75) is 16.6 Å². The van der Waals surface area contributed by atoms with Gasteiger partial charge in [0.15, 0.2) is 5.96 Å². The van der Waals surface area contributed by atoms with Gasteiger partial charge in [-0.3, -0.25) is 4.98 Å². The number of aliphatic hydroxyl groups excluding tert-OH is 1. The summed E-state index contributed by atoms with van der Waals surface area (Å²) in [6.45, 7) is 7.75. The second-order valence-corrected chi connectivity index (χ2v) is 8.15. The van der Waals surface area contributed by atoms with Gasteiger partial charge in [-0.1, -0.05) is 31.4 Å². The van der Waals surface area contributed by atoms with Gasteiger partial charge in [0, 0.05) is 40.3 Å². The molecule has 7 heteroatoms. The minimum Gasteiger partial charge on any atom is -0.513 e. The van der Waals surface area contributed by atoms with Gasteiger partial charge in [0.05, 0.1) is 11.4 Å². The number of rotatable bonds is 9.